The van der Waals surface area contributed by atoms with E-state index in [9.17, 15) is 9.59 Å². The van der Waals surface area contributed by atoms with E-state index in [0.717, 1.165) is 0 Å². The van der Waals surface area contributed by atoms with E-state index < -0.39 is 11.9 Å². The van der Waals surface area contributed by atoms with E-state index in [1.54, 1.807) is 12.1 Å². The van der Waals surface area contributed by atoms with Gasteiger partial charge in [-0.2, -0.15) is 0 Å². The summed E-state index contributed by atoms with van der Waals surface area (Å²) in [5.41, 5.74) is 0.473. The van der Waals surface area contributed by atoms with Crippen molar-refractivity contribution < 1.29 is 19.4 Å². The Labute approximate surface area is 135 Å². The number of anilines is 1. The third kappa shape index (κ3) is 3.68. The molecule has 0 heterocycles. The number of hydrogen-bond acceptors (Lipinski definition) is 3. The highest BCUT2D eigenvalue weighted by molar-refractivity contribution is 9.10. The zero-order chi connectivity index (χ0) is 15.6. The molecule has 0 aromatic heterocycles. The van der Waals surface area contributed by atoms with Crippen LogP contribution in [0, 0.1) is 11.8 Å². The predicted octanol–water partition coefficient (Wildman–Crippen LogP) is 3.55. The van der Waals surface area contributed by atoms with E-state index in [1.807, 2.05) is 0 Å². The number of methoxy groups -OCH3 is 1. The van der Waals surface area contributed by atoms with Crippen molar-refractivity contribution in [1.29, 1.82) is 0 Å². The molecule has 2 atom stereocenters. The molecule has 1 aliphatic rings. The van der Waals surface area contributed by atoms with Crippen molar-refractivity contribution in [3.05, 3.63) is 21.6 Å². The molecule has 1 fully saturated rings. The van der Waals surface area contributed by atoms with Gasteiger partial charge in [-0.1, -0.05) is 11.6 Å². The molecule has 1 aromatic rings. The highest BCUT2D eigenvalue weighted by atomic mass is 79.9. The number of hydrogen-bond donors (Lipinski definition) is 2. The Hall–Kier alpha value is -1.27. The summed E-state index contributed by atoms with van der Waals surface area (Å²) in [6.07, 6.45) is 1.47. The van der Waals surface area contributed by atoms with Gasteiger partial charge in [0.05, 0.1) is 23.2 Å². The quantitative estimate of drug-likeness (QED) is 0.842. The highest BCUT2D eigenvalue weighted by Gasteiger charge is 2.34. The highest BCUT2D eigenvalue weighted by Crippen LogP contribution is 2.38. The summed E-state index contributed by atoms with van der Waals surface area (Å²) in [5.74, 6) is -1.29. The number of amides is 1. The predicted molar refractivity (Wildman–Crippen MR) is 82.8 cm³/mol. The fourth-order valence-corrected chi connectivity index (χ4v) is 3.51. The van der Waals surface area contributed by atoms with Gasteiger partial charge in [-0.25, -0.2) is 0 Å². The number of carbonyl (C=O) groups is 2. The van der Waals surface area contributed by atoms with Crippen LogP contribution in [0.25, 0.3) is 0 Å². The summed E-state index contributed by atoms with van der Waals surface area (Å²) in [6, 6.07) is 3.28. The average molecular weight is 377 g/mol. The summed E-state index contributed by atoms with van der Waals surface area (Å²) in [5, 5.41) is 12.2. The molecule has 0 unspecified atom stereocenters. The van der Waals surface area contributed by atoms with Gasteiger partial charge in [0, 0.05) is 10.9 Å². The maximum atomic E-state index is 12.3. The lowest BCUT2D eigenvalue weighted by Gasteiger charge is -2.15. The topological polar surface area (TPSA) is 75.6 Å². The van der Waals surface area contributed by atoms with Crippen LogP contribution in [0.3, 0.4) is 0 Å². The second-order valence-corrected chi connectivity index (χ2v) is 6.29. The van der Waals surface area contributed by atoms with Crippen molar-refractivity contribution in [2.45, 2.75) is 19.3 Å². The number of carboxylic acid groups (broad SMARTS) is 1. The van der Waals surface area contributed by atoms with Crippen LogP contribution in [-0.2, 0) is 9.59 Å². The minimum absolute atomic E-state index is 0.203. The monoisotopic (exact) mass is 375 g/mol. The van der Waals surface area contributed by atoms with Crippen LogP contribution in [-0.4, -0.2) is 24.1 Å². The molecule has 2 N–H and O–H groups in total. The van der Waals surface area contributed by atoms with Crippen LogP contribution in [0.1, 0.15) is 19.3 Å². The molecule has 0 spiro atoms. The van der Waals surface area contributed by atoms with Crippen molar-refractivity contribution in [3.8, 4) is 5.75 Å². The Balaban J connectivity index is 2.12. The molecular formula is C14H15BrClNO4. The first-order chi connectivity index (χ1) is 9.92. The van der Waals surface area contributed by atoms with Gasteiger partial charge in [-0.05, 0) is 47.3 Å². The fraction of sp³-hybridized carbons (Fsp3) is 0.429. The van der Waals surface area contributed by atoms with E-state index >= 15 is 0 Å². The van der Waals surface area contributed by atoms with Crippen molar-refractivity contribution in [3.63, 3.8) is 0 Å². The van der Waals surface area contributed by atoms with E-state index in [4.69, 9.17) is 21.4 Å². The van der Waals surface area contributed by atoms with Crippen LogP contribution < -0.4 is 10.1 Å². The number of benzene rings is 1. The fourth-order valence-electron chi connectivity index (χ4n) is 2.54. The number of nitrogens with one attached hydrogen (secondary N) is 1. The molecule has 7 heteroatoms. The van der Waals surface area contributed by atoms with E-state index in [1.165, 1.54) is 7.11 Å². The number of carboxylic acids is 1. The lowest BCUT2D eigenvalue weighted by atomic mass is 10.0. The zero-order valence-corrected chi connectivity index (χ0v) is 13.7. The molecule has 1 amide bonds. The zero-order valence-electron chi connectivity index (χ0n) is 11.4. The third-order valence-corrected chi connectivity index (χ3v) is 4.43. The number of aliphatic carboxylic acids is 1. The Bertz CT molecular complexity index is 578. The number of carbonyl (C=O) groups excluding carboxylic acids is 1. The summed E-state index contributed by atoms with van der Waals surface area (Å²) < 4.78 is 5.88. The number of halogens is 2. The minimum Gasteiger partial charge on any atom is -0.493 e. The maximum absolute atomic E-state index is 12.3. The summed E-state index contributed by atoms with van der Waals surface area (Å²) in [4.78, 5) is 23.2. The van der Waals surface area contributed by atoms with E-state index in [-0.39, 0.29) is 11.8 Å². The van der Waals surface area contributed by atoms with Crippen LogP contribution in [0.2, 0.25) is 5.02 Å². The smallest absolute Gasteiger partial charge is 0.306 e. The molecule has 5 nitrogen and oxygen atoms in total. The molecule has 2 rings (SSSR count). The third-order valence-electron chi connectivity index (χ3n) is 3.62. The molecule has 1 aromatic carbocycles. The first-order valence-corrected chi connectivity index (χ1v) is 7.66. The summed E-state index contributed by atoms with van der Waals surface area (Å²) in [6.45, 7) is 0. The van der Waals surface area contributed by atoms with Gasteiger partial charge in [0.2, 0.25) is 5.91 Å². The number of ether oxygens (including phenoxy) is 1. The Morgan fingerprint density at radius 1 is 1.38 bits per heavy atom. The SMILES string of the molecule is COc1c(Br)cc(Cl)cc1NC(=O)[C@@H]1CC[C@H](C(=O)O)C1. The van der Waals surface area contributed by atoms with Gasteiger partial charge in [0.15, 0.2) is 5.75 Å². The van der Waals surface area contributed by atoms with E-state index in [0.29, 0.717) is 40.2 Å². The van der Waals surface area contributed by atoms with Gasteiger partial charge < -0.3 is 15.2 Å². The first-order valence-electron chi connectivity index (χ1n) is 6.49. The molecule has 1 saturated carbocycles. The molecule has 0 aliphatic heterocycles. The van der Waals surface area contributed by atoms with Gasteiger partial charge in [-0.3, -0.25) is 9.59 Å². The average Bonchev–Trinajstić information content (AvgIpc) is 2.88. The molecule has 114 valence electrons. The van der Waals surface area contributed by atoms with Crippen LogP contribution in [0.5, 0.6) is 5.75 Å². The number of rotatable bonds is 4. The van der Waals surface area contributed by atoms with Crippen molar-refractivity contribution in [2.75, 3.05) is 12.4 Å². The van der Waals surface area contributed by atoms with Crippen LogP contribution in [0.15, 0.2) is 16.6 Å². The molecule has 0 bridgehead atoms. The summed E-state index contributed by atoms with van der Waals surface area (Å²) >= 11 is 9.29. The molecule has 0 radical (unpaired) electrons. The lowest BCUT2D eigenvalue weighted by Crippen LogP contribution is -2.22. The van der Waals surface area contributed by atoms with Crippen LogP contribution in [0.4, 0.5) is 5.69 Å². The normalized spacial score (nSPS) is 21.1. The van der Waals surface area contributed by atoms with Gasteiger partial charge in [0.25, 0.3) is 0 Å². The second-order valence-electron chi connectivity index (χ2n) is 5.00. The Morgan fingerprint density at radius 3 is 2.62 bits per heavy atom. The van der Waals surface area contributed by atoms with Gasteiger partial charge in [0.1, 0.15) is 0 Å². The maximum Gasteiger partial charge on any atom is 0.306 e. The molecule has 21 heavy (non-hydrogen) atoms. The Kier molecular flexibility index (Phi) is 5.11. The molecule has 0 saturated heterocycles. The molecule has 1 aliphatic carbocycles. The minimum atomic E-state index is -0.839. The van der Waals surface area contributed by atoms with E-state index in [2.05, 4.69) is 21.2 Å². The van der Waals surface area contributed by atoms with Gasteiger partial charge in [-0.15, -0.1) is 0 Å². The Morgan fingerprint density at radius 2 is 2.05 bits per heavy atom. The first kappa shape index (κ1) is 16.1. The van der Waals surface area contributed by atoms with Crippen molar-refractivity contribution >= 4 is 45.1 Å². The van der Waals surface area contributed by atoms with Crippen LogP contribution >= 0.6 is 27.5 Å². The largest absolute Gasteiger partial charge is 0.493 e. The molecular weight excluding hydrogens is 362 g/mol. The van der Waals surface area contributed by atoms with Gasteiger partial charge >= 0.3 is 5.97 Å². The summed E-state index contributed by atoms with van der Waals surface area (Å²) in [7, 11) is 1.50. The standard InChI is InChI=1S/C14H15BrClNO4/c1-21-12-10(15)5-9(16)6-11(12)17-13(18)7-2-3-8(4-7)14(19)20/h5-8H,2-4H2,1H3,(H,17,18)(H,19,20)/t7-,8+/m1/s1. The van der Waals surface area contributed by atoms with Crippen molar-refractivity contribution in [2.24, 2.45) is 11.8 Å². The van der Waals surface area contributed by atoms with Crippen molar-refractivity contribution in [1.82, 2.24) is 0 Å². The second kappa shape index (κ2) is 6.66. The lowest BCUT2D eigenvalue weighted by molar-refractivity contribution is -0.141.